The highest BCUT2D eigenvalue weighted by atomic mass is 35.5. The van der Waals surface area contributed by atoms with E-state index in [-0.39, 0.29) is 24.8 Å². The van der Waals surface area contributed by atoms with Crippen LogP contribution >= 0.6 is 23.2 Å². The van der Waals surface area contributed by atoms with Gasteiger partial charge in [0.2, 0.25) is 5.91 Å². The normalized spacial score (nSPS) is 12.4. The standard InChI is InChI=1S/C35H39Cl2N3O7/c1-46-35(45)40(33-26-13-6-4-11-24(26)25-12-5-7-14-27(25)33)29(34(43)44)15-8-10-20-38-31(41)16-3-2-9-19-39-32(42)22-47-30-18-17-23(36)21-28(30)37/h4-7,11-14,17-18,21,29,33H,2-3,8-10,15-16,19-20,22H2,1H3,(H,38,41)(H,39,42)(H,43,44). The Hall–Kier alpha value is -4.28. The molecule has 3 N–H and O–H groups in total. The fraction of sp³-hybridized carbons (Fsp3) is 0.371. The number of methoxy groups -OCH3 is 1. The number of carboxylic acid groups (broad SMARTS) is 1. The third kappa shape index (κ3) is 9.62. The summed E-state index contributed by atoms with van der Waals surface area (Å²) in [5.74, 6) is -1.10. The molecule has 250 valence electrons. The highest BCUT2D eigenvalue weighted by molar-refractivity contribution is 6.35. The first-order valence-corrected chi connectivity index (χ1v) is 16.4. The Morgan fingerprint density at radius 1 is 0.830 bits per heavy atom. The van der Waals surface area contributed by atoms with Crippen LogP contribution in [0.25, 0.3) is 11.1 Å². The van der Waals surface area contributed by atoms with E-state index in [1.54, 1.807) is 12.1 Å². The number of amides is 3. The van der Waals surface area contributed by atoms with Crippen molar-refractivity contribution < 1.29 is 33.8 Å². The number of rotatable bonds is 17. The van der Waals surface area contributed by atoms with Crippen molar-refractivity contribution >= 4 is 47.1 Å². The molecular formula is C35H39Cl2N3O7. The summed E-state index contributed by atoms with van der Waals surface area (Å²) in [4.78, 5) is 51.3. The zero-order valence-electron chi connectivity index (χ0n) is 26.2. The third-order valence-electron chi connectivity index (χ3n) is 7.97. The smallest absolute Gasteiger partial charge is 0.411 e. The van der Waals surface area contributed by atoms with Crippen molar-refractivity contribution in [2.45, 2.75) is 57.0 Å². The van der Waals surface area contributed by atoms with Crippen molar-refractivity contribution in [1.82, 2.24) is 15.5 Å². The number of hydrogen-bond donors (Lipinski definition) is 3. The Morgan fingerprint density at radius 2 is 1.45 bits per heavy atom. The molecule has 0 bridgehead atoms. The molecule has 0 saturated heterocycles. The predicted molar refractivity (Wildman–Crippen MR) is 180 cm³/mol. The van der Waals surface area contributed by atoms with Gasteiger partial charge in [-0.25, -0.2) is 9.59 Å². The van der Waals surface area contributed by atoms with Crippen LogP contribution in [-0.4, -0.2) is 66.7 Å². The maximum Gasteiger partial charge on any atom is 0.411 e. The quantitative estimate of drug-likeness (QED) is 0.136. The molecule has 3 aromatic rings. The van der Waals surface area contributed by atoms with Crippen LogP contribution in [0.5, 0.6) is 5.75 Å². The van der Waals surface area contributed by atoms with Gasteiger partial charge in [0.1, 0.15) is 11.8 Å². The molecular weight excluding hydrogens is 645 g/mol. The number of nitrogens with zero attached hydrogens (tertiary/aromatic N) is 1. The van der Waals surface area contributed by atoms with Gasteiger partial charge in [-0.1, -0.05) is 78.2 Å². The van der Waals surface area contributed by atoms with Crippen molar-refractivity contribution in [1.29, 1.82) is 0 Å². The molecule has 4 rings (SSSR count). The van der Waals surface area contributed by atoms with Crippen molar-refractivity contribution in [2.75, 3.05) is 26.8 Å². The highest BCUT2D eigenvalue weighted by Crippen LogP contribution is 2.47. The molecule has 47 heavy (non-hydrogen) atoms. The third-order valence-corrected chi connectivity index (χ3v) is 8.50. The number of halogens is 2. The number of ether oxygens (including phenoxy) is 2. The average molecular weight is 685 g/mol. The van der Waals surface area contributed by atoms with Gasteiger partial charge in [0.15, 0.2) is 6.61 Å². The molecule has 10 nitrogen and oxygen atoms in total. The fourth-order valence-electron chi connectivity index (χ4n) is 5.71. The summed E-state index contributed by atoms with van der Waals surface area (Å²) in [5.41, 5.74) is 3.63. The van der Waals surface area contributed by atoms with Gasteiger partial charge in [0, 0.05) is 24.5 Å². The Balaban J connectivity index is 1.16. The molecule has 1 aliphatic rings. The Bertz CT molecular complexity index is 1520. The summed E-state index contributed by atoms with van der Waals surface area (Å²) < 4.78 is 10.5. The van der Waals surface area contributed by atoms with Crippen LogP contribution in [0.1, 0.15) is 62.1 Å². The number of aliphatic carboxylic acids is 1. The number of unbranched alkanes of at least 4 members (excludes halogenated alkanes) is 3. The van der Waals surface area contributed by atoms with Crippen molar-refractivity contribution in [2.24, 2.45) is 0 Å². The van der Waals surface area contributed by atoms with E-state index in [0.29, 0.717) is 61.0 Å². The van der Waals surface area contributed by atoms with E-state index >= 15 is 0 Å². The first kappa shape index (κ1) is 35.6. The van der Waals surface area contributed by atoms with E-state index in [9.17, 15) is 24.3 Å². The van der Waals surface area contributed by atoms with Crippen LogP contribution < -0.4 is 15.4 Å². The molecule has 0 fully saturated rings. The van der Waals surface area contributed by atoms with E-state index in [2.05, 4.69) is 10.6 Å². The number of fused-ring (bicyclic) bond motifs is 3. The second-order valence-corrected chi connectivity index (χ2v) is 12.0. The van der Waals surface area contributed by atoms with Gasteiger partial charge in [-0.3, -0.25) is 14.5 Å². The van der Waals surface area contributed by atoms with Gasteiger partial charge in [-0.15, -0.1) is 0 Å². The van der Waals surface area contributed by atoms with E-state index < -0.39 is 24.1 Å². The van der Waals surface area contributed by atoms with Crippen molar-refractivity contribution in [3.05, 3.63) is 87.9 Å². The minimum atomic E-state index is -1.12. The Labute approximate surface area is 284 Å². The van der Waals surface area contributed by atoms with Gasteiger partial charge < -0.3 is 25.2 Å². The van der Waals surface area contributed by atoms with Crippen LogP contribution in [0.2, 0.25) is 10.0 Å². The number of benzene rings is 3. The number of carboxylic acids is 1. The summed E-state index contributed by atoms with van der Waals surface area (Å²) in [6.07, 6.45) is 3.01. The number of carbonyl (C=O) groups excluding carboxylic acids is 3. The molecule has 3 aromatic carbocycles. The van der Waals surface area contributed by atoms with Gasteiger partial charge in [-0.2, -0.15) is 0 Å². The summed E-state index contributed by atoms with van der Waals surface area (Å²) >= 11 is 11.9. The molecule has 1 unspecified atom stereocenters. The van der Waals surface area contributed by atoms with Gasteiger partial charge in [-0.05, 0) is 72.6 Å². The van der Waals surface area contributed by atoms with Gasteiger partial charge >= 0.3 is 12.1 Å². The SMILES string of the molecule is COC(=O)N(C(CCCCNC(=O)CCCCCNC(=O)COc1ccc(Cl)cc1Cl)C(=O)O)C1c2ccccc2-c2ccccc21. The van der Waals surface area contributed by atoms with Crippen LogP contribution in [0, 0.1) is 0 Å². The van der Waals surface area contributed by atoms with Gasteiger partial charge in [0.05, 0.1) is 18.2 Å². The van der Waals surface area contributed by atoms with Gasteiger partial charge in [0.25, 0.3) is 5.91 Å². The average Bonchev–Trinajstić information content (AvgIpc) is 3.39. The summed E-state index contributed by atoms with van der Waals surface area (Å²) in [6, 6.07) is 18.4. The number of carbonyl (C=O) groups is 4. The first-order valence-electron chi connectivity index (χ1n) is 15.6. The Morgan fingerprint density at radius 3 is 2.06 bits per heavy atom. The fourth-order valence-corrected chi connectivity index (χ4v) is 6.17. The largest absolute Gasteiger partial charge is 0.482 e. The molecule has 0 spiro atoms. The van der Waals surface area contributed by atoms with E-state index in [4.69, 9.17) is 32.7 Å². The number of nitrogens with one attached hydrogen (secondary N) is 2. The monoisotopic (exact) mass is 683 g/mol. The minimum Gasteiger partial charge on any atom is -0.482 e. The maximum absolute atomic E-state index is 13.1. The van der Waals surface area contributed by atoms with Crippen LogP contribution in [0.4, 0.5) is 4.79 Å². The molecule has 0 aromatic heterocycles. The topological polar surface area (TPSA) is 134 Å². The van der Waals surface area contributed by atoms with Crippen molar-refractivity contribution in [3.63, 3.8) is 0 Å². The second kappa shape index (κ2) is 17.6. The molecule has 1 atom stereocenters. The van der Waals surface area contributed by atoms with Crippen LogP contribution in [0.3, 0.4) is 0 Å². The maximum atomic E-state index is 13.1. The van der Waals surface area contributed by atoms with E-state index in [1.807, 2.05) is 48.5 Å². The van der Waals surface area contributed by atoms with Crippen molar-refractivity contribution in [3.8, 4) is 16.9 Å². The van der Waals surface area contributed by atoms with Crippen LogP contribution in [0.15, 0.2) is 66.7 Å². The molecule has 0 heterocycles. The molecule has 12 heteroatoms. The van der Waals surface area contributed by atoms with E-state index in [1.165, 1.54) is 18.1 Å². The second-order valence-electron chi connectivity index (χ2n) is 11.2. The zero-order valence-corrected chi connectivity index (χ0v) is 27.7. The zero-order chi connectivity index (χ0) is 33.8. The summed E-state index contributed by atoms with van der Waals surface area (Å²) in [7, 11) is 1.25. The minimum absolute atomic E-state index is 0.0904. The molecule has 0 saturated carbocycles. The van der Waals surface area contributed by atoms with Crippen LogP contribution in [-0.2, 0) is 19.1 Å². The summed E-state index contributed by atoms with van der Waals surface area (Å²) in [6.45, 7) is 0.690. The van der Waals surface area contributed by atoms with E-state index in [0.717, 1.165) is 28.7 Å². The lowest BCUT2D eigenvalue weighted by atomic mass is 9.99. The highest BCUT2D eigenvalue weighted by Gasteiger charge is 2.41. The first-order chi connectivity index (χ1) is 22.7. The lowest BCUT2D eigenvalue weighted by molar-refractivity contribution is -0.143. The number of hydrogen-bond acceptors (Lipinski definition) is 6. The molecule has 0 aliphatic heterocycles. The molecule has 3 amide bonds. The lowest BCUT2D eigenvalue weighted by Crippen LogP contribution is -2.47. The summed E-state index contributed by atoms with van der Waals surface area (Å²) in [5, 5.41) is 16.7. The molecule has 0 radical (unpaired) electrons. The molecule has 1 aliphatic carbocycles. The lowest BCUT2D eigenvalue weighted by Gasteiger charge is -2.34. The Kier molecular flexibility index (Phi) is 13.3. The predicted octanol–water partition coefficient (Wildman–Crippen LogP) is 6.63.